The van der Waals surface area contributed by atoms with Crippen molar-refractivity contribution in [1.29, 1.82) is 0 Å². The summed E-state index contributed by atoms with van der Waals surface area (Å²) in [5.74, 6) is 1.23. The van der Waals surface area contributed by atoms with E-state index >= 15 is 0 Å². The third kappa shape index (κ3) is 4.96. The maximum Gasteiger partial charge on any atom is 0.291 e. The van der Waals surface area contributed by atoms with Crippen LogP contribution in [0.4, 0.5) is 5.69 Å². The summed E-state index contributed by atoms with van der Waals surface area (Å²) in [6.07, 6.45) is 0. The molecule has 28 heavy (non-hydrogen) atoms. The number of amides is 1. The number of halogens is 1. The van der Waals surface area contributed by atoms with Gasteiger partial charge >= 0.3 is 0 Å². The van der Waals surface area contributed by atoms with E-state index in [0.717, 1.165) is 11.3 Å². The molecule has 0 aliphatic rings. The van der Waals surface area contributed by atoms with Crippen molar-refractivity contribution in [3.05, 3.63) is 82.3 Å². The monoisotopic (exact) mass is 397 g/mol. The van der Waals surface area contributed by atoms with Crippen LogP contribution in [0.3, 0.4) is 0 Å². The van der Waals surface area contributed by atoms with Crippen LogP contribution in [0.15, 0.2) is 59.0 Å². The van der Waals surface area contributed by atoms with Gasteiger partial charge in [0.25, 0.3) is 5.91 Å². The molecule has 0 saturated carbocycles. The van der Waals surface area contributed by atoms with Crippen molar-refractivity contribution in [3.8, 4) is 5.75 Å². The molecule has 0 radical (unpaired) electrons. The van der Waals surface area contributed by atoms with E-state index in [-0.39, 0.29) is 23.7 Å². The standard InChI is InChI=1S/C23H24ClNO3/c1-15-5-8-17(24)13-20(15)25-22(26)21-12-11-19(28-21)14-27-18-9-6-16(7-10-18)23(2,3)4/h5-13H,14H2,1-4H3,(H,25,26). The van der Waals surface area contributed by atoms with Gasteiger partial charge in [-0.2, -0.15) is 0 Å². The lowest BCUT2D eigenvalue weighted by atomic mass is 9.87. The third-order valence-corrected chi connectivity index (χ3v) is 4.67. The van der Waals surface area contributed by atoms with Gasteiger partial charge in [0.15, 0.2) is 5.76 Å². The van der Waals surface area contributed by atoms with E-state index in [2.05, 4.69) is 38.2 Å². The van der Waals surface area contributed by atoms with Crippen LogP contribution < -0.4 is 10.1 Å². The molecule has 1 N–H and O–H groups in total. The number of aryl methyl sites for hydroxylation is 1. The van der Waals surface area contributed by atoms with Crippen molar-refractivity contribution >= 4 is 23.2 Å². The first-order valence-electron chi connectivity index (χ1n) is 9.12. The van der Waals surface area contributed by atoms with E-state index in [1.807, 2.05) is 25.1 Å². The molecule has 1 heterocycles. The lowest BCUT2D eigenvalue weighted by Gasteiger charge is -2.19. The molecule has 5 heteroatoms. The van der Waals surface area contributed by atoms with E-state index in [0.29, 0.717) is 16.5 Å². The van der Waals surface area contributed by atoms with Gasteiger partial charge in [-0.05, 0) is 59.9 Å². The fraction of sp³-hybridized carbons (Fsp3) is 0.261. The first-order chi connectivity index (χ1) is 13.2. The average Bonchev–Trinajstić information content (AvgIpc) is 3.12. The van der Waals surface area contributed by atoms with Crippen molar-refractivity contribution in [1.82, 2.24) is 0 Å². The Hall–Kier alpha value is -2.72. The highest BCUT2D eigenvalue weighted by atomic mass is 35.5. The Bertz CT molecular complexity index is 968. The molecule has 0 aliphatic carbocycles. The van der Waals surface area contributed by atoms with Crippen LogP contribution in [0.5, 0.6) is 5.75 Å². The maximum absolute atomic E-state index is 12.4. The number of nitrogens with one attached hydrogen (secondary N) is 1. The first-order valence-corrected chi connectivity index (χ1v) is 9.50. The molecule has 0 saturated heterocycles. The number of carbonyl (C=O) groups is 1. The molecule has 2 aromatic carbocycles. The first kappa shape index (κ1) is 20.0. The zero-order valence-electron chi connectivity index (χ0n) is 16.5. The normalized spacial score (nSPS) is 11.3. The number of anilines is 1. The fourth-order valence-electron chi connectivity index (χ4n) is 2.70. The van der Waals surface area contributed by atoms with Gasteiger partial charge < -0.3 is 14.5 Å². The van der Waals surface area contributed by atoms with Crippen LogP contribution >= 0.6 is 11.6 Å². The predicted molar refractivity (Wildman–Crippen MR) is 112 cm³/mol. The molecule has 0 bridgehead atoms. The summed E-state index contributed by atoms with van der Waals surface area (Å²) in [5.41, 5.74) is 2.92. The molecule has 0 spiro atoms. The molecule has 0 fully saturated rings. The second-order valence-electron chi connectivity index (χ2n) is 7.74. The minimum atomic E-state index is -0.328. The molecule has 0 unspecified atom stereocenters. The van der Waals surface area contributed by atoms with Crippen LogP contribution in [0.25, 0.3) is 0 Å². The Morgan fingerprint density at radius 2 is 1.79 bits per heavy atom. The molecule has 1 amide bonds. The Morgan fingerprint density at radius 3 is 2.46 bits per heavy atom. The SMILES string of the molecule is Cc1ccc(Cl)cc1NC(=O)c1ccc(COc2ccc(C(C)(C)C)cc2)o1. The third-order valence-electron chi connectivity index (χ3n) is 4.43. The number of carbonyl (C=O) groups excluding carboxylic acids is 1. The van der Waals surface area contributed by atoms with Crippen LogP contribution in [0.2, 0.25) is 5.02 Å². The Morgan fingerprint density at radius 1 is 1.07 bits per heavy atom. The molecular weight excluding hydrogens is 374 g/mol. The Balaban J connectivity index is 1.61. The van der Waals surface area contributed by atoms with Crippen molar-refractivity contribution in [2.75, 3.05) is 5.32 Å². The molecule has 1 aromatic heterocycles. The summed E-state index contributed by atoms with van der Waals surface area (Å²) < 4.78 is 11.4. The van der Waals surface area contributed by atoms with Gasteiger partial charge in [0.1, 0.15) is 18.1 Å². The summed E-state index contributed by atoms with van der Waals surface area (Å²) in [7, 11) is 0. The molecule has 3 rings (SSSR count). The van der Waals surface area contributed by atoms with E-state index in [4.69, 9.17) is 20.8 Å². The molecule has 0 aliphatic heterocycles. The quantitative estimate of drug-likeness (QED) is 0.544. The van der Waals surface area contributed by atoms with E-state index < -0.39 is 0 Å². The molecule has 3 aromatic rings. The number of hydrogen-bond acceptors (Lipinski definition) is 3. The molecule has 146 valence electrons. The van der Waals surface area contributed by atoms with Gasteiger partial charge in [-0.25, -0.2) is 0 Å². The second-order valence-corrected chi connectivity index (χ2v) is 8.18. The van der Waals surface area contributed by atoms with Gasteiger partial charge in [0, 0.05) is 10.7 Å². The van der Waals surface area contributed by atoms with E-state index in [9.17, 15) is 4.79 Å². The van der Waals surface area contributed by atoms with E-state index in [1.54, 1.807) is 24.3 Å². The molecule has 4 nitrogen and oxygen atoms in total. The number of rotatable bonds is 5. The highest BCUT2D eigenvalue weighted by Gasteiger charge is 2.15. The van der Waals surface area contributed by atoms with Crippen LogP contribution in [0.1, 0.15) is 48.2 Å². The average molecular weight is 398 g/mol. The highest BCUT2D eigenvalue weighted by Crippen LogP contribution is 2.25. The number of furan rings is 1. The van der Waals surface area contributed by atoms with Gasteiger partial charge in [0.05, 0.1) is 0 Å². The summed E-state index contributed by atoms with van der Waals surface area (Å²) >= 11 is 5.99. The number of ether oxygens (including phenoxy) is 1. The minimum Gasteiger partial charge on any atom is -0.486 e. The van der Waals surface area contributed by atoms with Gasteiger partial charge in [-0.15, -0.1) is 0 Å². The van der Waals surface area contributed by atoms with Crippen molar-refractivity contribution < 1.29 is 13.9 Å². The van der Waals surface area contributed by atoms with Gasteiger partial charge in [-0.1, -0.05) is 50.6 Å². The number of benzene rings is 2. The van der Waals surface area contributed by atoms with Crippen LogP contribution in [0, 0.1) is 6.92 Å². The summed E-state index contributed by atoms with van der Waals surface area (Å²) in [4.78, 5) is 12.4. The number of hydrogen-bond donors (Lipinski definition) is 1. The zero-order valence-corrected chi connectivity index (χ0v) is 17.3. The summed E-state index contributed by atoms with van der Waals surface area (Å²) in [6, 6.07) is 16.7. The topological polar surface area (TPSA) is 51.5 Å². The van der Waals surface area contributed by atoms with Crippen molar-refractivity contribution in [3.63, 3.8) is 0 Å². The lowest BCUT2D eigenvalue weighted by Crippen LogP contribution is -2.11. The Kier molecular flexibility index (Phi) is 5.80. The molecule has 0 atom stereocenters. The largest absolute Gasteiger partial charge is 0.486 e. The van der Waals surface area contributed by atoms with Gasteiger partial charge in [0.2, 0.25) is 0 Å². The van der Waals surface area contributed by atoms with Crippen molar-refractivity contribution in [2.24, 2.45) is 0 Å². The Labute approximate surface area is 170 Å². The predicted octanol–water partition coefficient (Wildman–Crippen LogP) is 6.37. The van der Waals surface area contributed by atoms with Crippen LogP contribution in [-0.4, -0.2) is 5.91 Å². The second kappa shape index (κ2) is 8.11. The zero-order chi connectivity index (χ0) is 20.3. The molecular formula is C23H24ClNO3. The van der Waals surface area contributed by atoms with E-state index in [1.165, 1.54) is 5.56 Å². The lowest BCUT2D eigenvalue weighted by molar-refractivity contribution is 0.0992. The summed E-state index contributed by atoms with van der Waals surface area (Å²) in [6.45, 7) is 8.66. The minimum absolute atomic E-state index is 0.100. The smallest absolute Gasteiger partial charge is 0.291 e. The fourth-order valence-corrected chi connectivity index (χ4v) is 2.87. The van der Waals surface area contributed by atoms with Crippen LogP contribution in [-0.2, 0) is 12.0 Å². The van der Waals surface area contributed by atoms with Crippen molar-refractivity contribution in [2.45, 2.75) is 39.7 Å². The van der Waals surface area contributed by atoms with Gasteiger partial charge in [-0.3, -0.25) is 4.79 Å². The highest BCUT2D eigenvalue weighted by molar-refractivity contribution is 6.31. The maximum atomic E-state index is 12.4. The summed E-state index contributed by atoms with van der Waals surface area (Å²) in [5, 5.41) is 3.38.